The van der Waals surface area contributed by atoms with Gasteiger partial charge < -0.3 is 0 Å². The molecule has 0 amide bonds. The third-order valence-corrected chi connectivity index (χ3v) is 5.34. The lowest BCUT2D eigenvalue weighted by Gasteiger charge is -2.38. The minimum absolute atomic E-state index is 0.117. The number of benzene rings is 2. The van der Waals surface area contributed by atoms with Gasteiger partial charge in [0.2, 0.25) is 0 Å². The Morgan fingerprint density at radius 3 is 1.86 bits per heavy atom. The van der Waals surface area contributed by atoms with Crippen molar-refractivity contribution in [3.8, 4) is 0 Å². The number of hydrogen-bond acceptors (Lipinski definition) is 1. The number of likely N-dealkylation sites (N-methyl/N-ethyl adjacent to an activating group) is 1. The summed E-state index contributed by atoms with van der Waals surface area (Å²) in [5.41, 5.74) is 3.03. The van der Waals surface area contributed by atoms with Crippen LogP contribution in [-0.4, -0.2) is 24.0 Å². The molecule has 0 aliphatic carbocycles. The summed E-state index contributed by atoms with van der Waals surface area (Å²) in [4.78, 5) is 2.57. The maximum atomic E-state index is 2.57. The molecule has 0 spiro atoms. The molecule has 2 atom stereocenters. The zero-order valence-corrected chi connectivity index (χ0v) is 13.3. The highest BCUT2D eigenvalue weighted by Crippen LogP contribution is 2.48. The Hall–Kier alpha value is -1.60. The van der Waals surface area contributed by atoms with Gasteiger partial charge in [-0.25, -0.2) is 0 Å². The molecule has 1 aliphatic heterocycles. The first-order chi connectivity index (χ1) is 10.2. The molecule has 0 bridgehead atoms. The maximum absolute atomic E-state index is 2.57. The van der Waals surface area contributed by atoms with Gasteiger partial charge in [0, 0.05) is 17.5 Å². The Kier molecular flexibility index (Phi) is 3.86. The molecular formula is C20H25N. The molecular weight excluding hydrogens is 254 g/mol. The first kappa shape index (κ1) is 14.3. The molecule has 1 unspecified atom stereocenters. The number of rotatable bonds is 3. The Morgan fingerprint density at radius 2 is 1.43 bits per heavy atom. The van der Waals surface area contributed by atoms with Gasteiger partial charge in [-0.15, -0.1) is 0 Å². The number of likely N-dealkylation sites (tertiary alicyclic amines) is 1. The van der Waals surface area contributed by atoms with Crippen LogP contribution in [0.2, 0.25) is 0 Å². The van der Waals surface area contributed by atoms with E-state index in [0.29, 0.717) is 12.1 Å². The second-order valence-electron chi connectivity index (χ2n) is 6.35. The number of nitrogens with zero attached hydrogens (tertiary/aromatic N) is 1. The molecule has 1 aliphatic rings. The van der Waals surface area contributed by atoms with Gasteiger partial charge in [-0.1, -0.05) is 67.6 Å². The quantitative estimate of drug-likeness (QED) is 0.801. The lowest BCUT2D eigenvalue weighted by molar-refractivity contribution is 0.224. The molecule has 0 saturated carbocycles. The fourth-order valence-corrected chi connectivity index (χ4v) is 4.30. The van der Waals surface area contributed by atoms with Crippen LogP contribution in [0.5, 0.6) is 0 Å². The summed E-state index contributed by atoms with van der Waals surface area (Å²) >= 11 is 0. The van der Waals surface area contributed by atoms with Gasteiger partial charge >= 0.3 is 0 Å². The monoisotopic (exact) mass is 279 g/mol. The van der Waals surface area contributed by atoms with Crippen LogP contribution in [0.15, 0.2) is 60.7 Å². The van der Waals surface area contributed by atoms with Gasteiger partial charge in [0.1, 0.15) is 0 Å². The molecule has 2 aromatic carbocycles. The molecule has 3 rings (SSSR count). The van der Waals surface area contributed by atoms with Crippen molar-refractivity contribution in [2.45, 2.75) is 44.2 Å². The first-order valence-electron chi connectivity index (χ1n) is 8.03. The largest absolute Gasteiger partial charge is 0.299 e. The van der Waals surface area contributed by atoms with Crippen LogP contribution in [0.3, 0.4) is 0 Å². The molecule has 110 valence electrons. The van der Waals surface area contributed by atoms with Gasteiger partial charge in [-0.3, -0.25) is 4.90 Å². The Morgan fingerprint density at radius 1 is 0.952 bits per heavy atom. The topological polar surface area (TPSA) is 3.24 Å². The molecule has 21 heavy (non-hydrogen) atoms. The van der Waals surface area contributed by atoms with Crippen molar-refractivity contribution in [3.63, 3.8) is 0 Å². The van der Waals surface area contributed by atoms with Crippen LogP contribution >= 0.6 is 0 Å². The summed E-state index contributed by atoms with van der Waals surface area (Å²) in [7, 11) is 2.28. The Balaban J connectivity index is 2.21. The Labute approximate surface area is 128 Å². The van der Waals surface area contributed by atoms with Crippen molar-refractivity contribution in [1.82, 2.24) is 4.90 Å². The van der Waals surface area contributed by atoms with E-state index in [1.54, 1.807) is 0 Å². The molecule has 1 heteroatoms. The van der Waals surface area contributed by atoms with Crippen LogP contribution < -0.4 is 0 Å². The Bertz CT molecular complexity index is 536. The fourth-order valence-electron chi connectivity index (χ4n) is 4.30. The average molecular weight is 279 g/mol. The third kappa shape index (κ3) is 2.20. The minimum atomic E-state index is 0.117. The first-order valence-corrected chi connectivity index (χ1v) is 8.03. The summed E-state index contributed by atoms with van der Waals surface area (Å²) in [6.45, 7) is 4.68. The van der Waals surface area contributed by atoms with E-state index in [2.05, 4.69) is 86.5 Å². The average Bonchev–Trinajstić information content (AvgIpc) is 2.81. The van der Waals surface area contributed by atoms with Crippen molar-refractivity contribution >= 4 is 0 Å². The zero-order chi connectivity index (χ0) is 14.9. The van der Waals surface area contributed by atoms with Crippen LogP contribution in [0, 0.1) is 0 Å². The van der Waals surface area contributed by atoms with E-state index in [0.717, 1.165) is 0 Å². The summed E-state index contributed by atoms with van der Waals surface area (Å²) in [5.74, 6) is 0. The predicted molar refractivity (Wildman–Crippen MR) is 89.6 cm³/mol. The van der Waals surface area contributed by atoms with Crippen molar-refractivity contribution in [2.24, 2.45) is 0 Å². The van der Waals surface area contributed by atoms with Gasteiger partial charge in [0.05, 0.1) is 0 Å². The smallest absolute Gasteiger partial charge is 0.0372 e. The van der Waals surface area contributed by atoms with Crippen LogP contribution in [-0.2, 0) is 5.41 Å². The van der Waals surface area contributed by atoms with Gasteiger partial charge in [-0.05, 0) is 37.9 Å². The predicted octanol–water partition coefficient (Wildman–Crippen LogP) is 4.48. The second-order valence-corrected chi connectivity index (χ2v) is 6.35. The third-order valence-electron chi connectivity index (χ3n) is 5.34. The fraction of sp³-hybridized carbons (Fsp3) is 0.400. The molecule has 2 aromatic rings. The van der Waals surface area contributed by atoms with E-state index in [1.165, 1.54) is 24.0 Å². The highest BCUT2D eigenvalue weighted by atomic mass is 15.2. The van der Waals surface area contributed by atoms with E-state index in [4.69, 9.17) is 0 Å². The SMILES string of the molecule is CCC1N(C)[C@H](C)CC1(c1ccccc1)c1ccccc1. The highest BCUT2D eigenvalue weighted by Gasteiger charge is 2.50. The van der Waals surface area contributed by atoms with Crippen LogP contribution in [0.4, 0.5) is 0 Å². The maximum Gasteiger partial charge on any atom is 0.0372 e. The number of hydrogen-bond donors (Lipinski definition) is 0. The van der Waals surface area contributed by atoms with E-state index in [-0.39, 0.29) is 5.41 Å². The van der Waals surface area contributed by atoms with Crippen molar-refractivity contribution in [3.05, 3.63) is 71.8 Å². The summed E-state index contributed by atoms with van der Waals surface area (Å²) in [5, 5.41) is 0. The second kappa shape index (κ2) is 5.65. The van der Waals surface area contributed by atoms with E-state index < -0.39 is 0 Å². The summed E-state index contributed by atoms with van der Waals surface area (Å²) in [6, 6.07) is 23.3. The molecule has 0 N–H and O–H groups in total. The van der Waals surface area contributed by atoms with E-state index in [9.17, 15) is 0 Å². The van der Waals surface area contributed by atoms with Crippen molar-refractivity contribution in [2.75, 3.05) is 7.05 Å². The molecule has 1 saturated heterocycles. The van der Waals surface area contributed by atoms with E-state index in [1.807, 2.05) is 0 Å². The normalized spacial score (nSPS) is 25.1. The summed E-state index contributed by atoms with van der Waals surface area (Å²) in [6.07, 6.45) is 2.36. The van der Waals surface area contributed by atoms with Gasteiger partial charge in [-0.2, -0.15) is 0 Å². The standard InChI is InChI=1S/C20H25N/c1-4-19-20(15-16(2)21(19)3,17-11-7-5-8-12-17)18-13-9-6-10-14-18/h5-14,16,19H,4,15H2,1-3H3/t16-,19?/m1/s1. The van der Waals surface area contributed by atoms with Gasteiger partial charge in [0.25, 0.3) is 0 Å². The van der Waals surface area contributed by atoms with Crippen molar-refractivity contribution in [1.29, 1.82) is 0 Å². The molecule has 1 nitrogen and oxygen atoms in total. The van der Waals surface area contributed by atoms with E-state index >= 15 is 0 Å². The van der Waals surface area contributed by atoms with Crippen LogP contribution in [0.25, 0.3) is 0 Å². The lowest BCUT2D eigenvalue weighted by atomic mass is 9.68. The highest BCUT2D eigenvalue weighted by molar-refractivity contribution is 5.43. The summed E-state index contributed by atoms with van der Waals surface area (Å²) < 4.78 is 0. The zero-order valence-electron chi connectivity index (χ0n) is 13.3. The molecule has 1 fully saturated rings. The lowest BCUT2D eigenvalue weighted by Crippen LogP contribution is -2.42. The molecule has 0 aromatic heterocycles. The van der Waals surface area contributed by atoms with Crippen LogP contribution in [0.1, 0.15) is 37.8 Å². The molecule has 1 heterocycles. The van der Waals surface area contributed by atoms with Crippen molar-refractivity contribution < 1.29 is 0 Å². The molecule has 0 radical (unpaired) electrons. The van der Waals surface area contributed by atoms with Gasteiger partial charge in [0.15, 0.2) is 0 Å². The minimum Gasteiger partial charge on any atom is -0.299 e.